The van der Waals surface area contributed by atoms with Crippen molar-refractivity contribution in [3.8, 4) is 11.5 Å². The summed E-state index contributed by atoms with van der Waals surface area (Å²) in [4.78, 5) is 0. The summed E-state index contributed by atoms with van der Waals surface area (Å²) in [6.07, 6.45) is 3.44. The van der Waals surface area contributed by atoms with Crippen LogP contribution in [0.25, 0.3) is 0 Å². The Morgan fingerprint density at radius 3 is 2.79 bits per heavy atom. The predicted molar refractivity (Wildman–Crippen MR) is 74.5 cm³/mol. The molecule has 19 heavy (non-hydrogen) atoms. The lowest BCUT2D eigenvalue weighted by Gasteiger charge is -2.11. The van der Waals surface area contributed by atoms with Crippen LogP contribution in [0.5, 0.6) is 11.5 Å². The van der Waals surface area contributed by atoms with Gasteiger partial charge >= 0.3 is 0 Å². The average molecular weight is 277 g/mol. The summed E-state index contributed by atoms with van der Waals surface area (Å²) >= 11 is 5.78. The number of ether oxygens (including phenoxy) is 1. The van der Waals surface area contributed by atoms with E-state index in [2.05, 4.69) is 6.07 Å². The van der Waals surface area contributed by atoms with E-state index in [0.717, 1.165) is 18.6 Å². The second-order valence-electron chi connectivity index (χ2n) is 4.74. The minimum Gasteiger partial charge on any atom is -0.457 e. The molecule has 0 unspecified atom stereocenters. The van der Waals surface area contributed by atoms with Crippen LogP contribution in [-0.4, -0.2) is 0 Å². The predicted octanol–water partition coefficient (Wildman–Crippen LogP) is 4.85. The van der Waals surface area contributed by atoms with Gasteiger partial charge < -0.3 is 4.74 Å². The van der Waals surface area contributed by atoms with Crippen molar-refractivity contribution in [3.63, 3.8) is 0 Å². The van der Waals surface area contributed by atoms with Crippen molar-refractivity contribution in [3.05, 3.63) is 58.9 Å². The Labute approximate surface area is 117 Å². The third-order valence-electron chi connectivity index (χ3n) is 3.51. The highest BCUT2D eigenvalue weighted by molar-refractivity contribution is 6.17. The van der Waals surface area contributed by atoms with E-state index in [0.29, 0.717) is 11.3 Å². The molecule has 0 radical (unpaired) electrons. The lowest BCUT2D eigenvalue weighted by molar-refractivity contribution is 0.470. The fraction of sp³-hybridized carbons (Fsp3) is 0.250. The fourth-order valence-electron chi connectivity index (χ4n) is 2.50. The quantitative estimate of drug-likeness (QED) is 0.729. The third-order valence-corrected chi connectivity index (χ3v) is 3.77. The molecule has 0 heterocycles. The van der Waals surface area contributed by atoms with Gasteiger partial charge in [-0.15, -0.1) is 11.6 Å². The summed E-state index contributed by atoms with van der Waals surface area (Å²) in [6.45, 7) is 0. The van der Waals surface area contributed by atoms with Gasteiger partial charge in [0.2, 0.25) is 0 Å². The summed E-state index contributed by atoms with van der Waals surface area (Å²) in [5, 5.41) is 0. The van der Waals surface area contributed by atoms with Crippen LogP contribution in [0.1, 0.15) is 23.1 Å². The molecule has 0 fully saturated rings. The van der Waals surface area contributed by atoms with Gasteiger partial charge in [-0.1, -0.05) is 12.1 Å². The van der Waals surface area contributed by atoms with Gasteiger partial charge in [0.15, 0.2) is 0 Å². The number of rotatable bonds is 3. The fourth-order valence-corrected chi connectivity index (χ4v) is 2.76. The van der Waals surface area contributed by atoms with Crippen molar-refractivity contribution < 1.29 is 9.13 Å². The number of halogens is 2. The van der Waals surface area contributed by atoms with E-state index < -0.39 is 0 Å². The Kier molecular flexibility index (Phi) is 3.43. The largest absolute Gasteiger partial charge is 0.457 e. The Hall–Kier alpha value is -1.54. The molecular weight excluding hydrogens is 263 g/mol. The highest BCUT2D eigenvalue weighted by Crippen LogP contribution is 2.31. The van der Waals surface area contributed by atoms with Crippen molar-refractivity contribution in [2.45, 2.75) is 25.1 Å². The van der Waals surface area contributed by atoms with Gasteiger partial charge in [-0.05, 0) is 54.7 Å². The maximum absolute atomic E-state index is 13.6. The molecule has 0 amide bonds. The van der Waals surface area contributed by atoms with E-state index in [1.807, 2.05) is 12.1 Å². The maximum Gasteiger partial charge on any atom is 0.134 e. The second-order valence-corrected chi connectivity index (χ2v) is 5.00. The molecule has 0 N–H and O–H groups in total. The molecule has 3 rings (SSSR count). The molecule has 1 aliphatic rings. The van der Waals surface area contributed by atoms with Crippen LogP contribution in [0.3, 0.4) is 0 Å². The molecule has 0 saturated carbocycles. The zero-order valence-corrected chi connectivity index (χ0v) is 11.2. The first kappa shape index (κ1) is 12.5. The van der Waals surface area contributed by atoms with Crippen molar-refractivity contribution in [2.24, 2.45) is 0 Å². The number of alkyl halides is 1. The molecule has 98 valence electrons. The van der Waals surface area contributed by atoms with E-state index >= 15 is 0 Å². The van der Waals surface area contributed by atoms with E-state index in [1.54, 1.807) is 12.1 Å². The Balaban J connectivity index is 1.91. The zero-order chi connectivity index (χ0) is 13.2. The van der Waals surface area contributed by atoms with Crippen LogP contribution < -0.4 is 4.74 Å². The molecule has 0 aromatic heterocycles. The number of hydrogen-bond donors (Lipinski definition) is 0. The van der Waals surface area contributed by atoms with Crippen LogP contribution in [0.15, 0.2) is 36.4 Å². The summed E-state index contributed by atoms with van der Waals surface area (Å²) < 4.78 is 19.4. The minimum absolute atomic E-state index is 0.104. The highest BCUT2D eigenvalue weighted by Gasteiger charge is 2.13. The monoisotopic (exact) mass is 276 g/mol. The van der Waals surface area contributed by atoms with Crippen LogP contribution >= 0.6 is 11.6 Å². The van der Waals surface area contributed by atoms with Gasteiger partial charge in [-0.25, -0.2) is 4.39 Å². The number of benzene rings is 2. The molecule has 0 spiro atoms. The van der Waals surface area contributed by atoms with Crippen LogP contribution in [-0.2, 0) is 18.7 Å². The van der Waals surface area contributed by atoms with Crippen LogP contribution in [0.4, 0.5) is 4.39 Å². The Bertz CT molecular complexity index is 610. The second kappa shape index (κ2) is 5.22. The number of aryl methyl sites for hydroxylation is 2. The summed E-state index contributed by atoms with van der Waals surface area (Å²) in [6, 6.07) is 10.9. The standard InChI is InChI=1S/C16H14ClFO/c17-10-14-15(18)5-2-6-16(14)19-13-8-7-11-3-1-4-12(11)9-13/h2,5-9H,1,3-4,10H2. The molecule has 0 saturated heterocycles. The number of hydrogen-bond acceptors (Lipinski definition) is 1. The van der Waals surface area contributed by atoms with Crippen molar-refractivity contribution >= 4 is 11.6 Å². The Morgan fingerprint density at radius 2 is 1.95 bits per heavy atom. The molecule has 0 atom stereocenters. The topological polar surface area (TPSA) is 9.23 Å². The molecule has 1 nitrogen and oxygen atoms in total. The van der Waals surface area contributed by atoms with Crippen LogP contribution in [0, 0.1) is 5.82 Å². The van der Waals surface area contributed by atoms with Gasteiger partial charge in [-0.3, -0.25) is 0 Å². The van der Waals surface area contributed by atoms with Crippen molar-refractivity contribution in [1.82, 2.24) is 0 Å². The molecular formula is C16H14ClFO. The van der Waals surface area contributed by atoms with Gasteiger partial charge in [0.1, 0.15) is 17.3 Å². The molecule has 0 bridgehead atoms. The van der Waals surface area contributed by atoms with Gasteiger partial charge in [0.05, 0.1) is 5.88 Å². The lowest BCUT2D eigenvalue weighted by atomic mass is 10.1. The first-order valence-corrected chi connectivity index (χ1v) is 6.94. The van der Waals surface area contributed by atoms with Crippen molar-refractivity contribution in [1.29, 1.82) is 0 Å². The molecule has 0 aliphatic heterocycles. The summed E-state index contributed by atoms with van der Waals surface area (Å²) in [5.74, 6) is 1.02. The first-order valence-electron chi connectivity index (χ1n) is 6.41. The molecule has 2 aromatic rings. The van der Waals surface area contributed by atoms with Gasteiger partial charge in [-0.2, -0.15) is 0 Å². The SMILES string of the molecule is Fc1cccc(Oc2ccc3c(c2)CCC3)c1CCl. The summed E-state index contributed by atoms with van der Waals surface area (Å²) in [7, 11) is 0. The Morgan fingerprint density at radius 1 is 1.11 bits per heavy atom. The minimum atomic E-state index is -0.325. The highest BCUT2D eigenvalue weighted by atomic mass is 35.5. The van der Waals surface area contributed by atoms with E-state index in [4.69, 9.17) is 16.3 Å². The normalized spacial score (nSPS) is 13.4. The lowest BCUT2D eigenvalue weighted by Crippen LogP contribution is -1.94. The maximum atomic E-state index is 13.6. The zero-order valence-electron chi connectivity index (χ0n) is 10.5. The van der Waals surface area contributed by atoms with E-state index in [9.17, 15) is 4.39 Å². The first-order chi connectivity index (χ1) is 9.28. The smallest absolute Gasteiger partial charge is 0.134 e. The molecule has 2 aromatic carbocycles. The van der Waals surface area contributed by atoms with E-state index in [1.165, 1.54) is 23.6 Å². The number of fused-ring (bicyclic) bond motifs is 1. The van der Waals surface area contributed by atoms with Crippen LogP contribution in [0.2, 0.25) is 0 Å². The van der Waals surface area contributed by atoms with E-state index in [-0.39, 0.29) is 11.7 Å². The van der Waals surface area contributed by atoms with Crippen molar-refractivity contribution in [2.75, 3.05) is 0 Å². The third kappa shape index (κ3) is 2.45. The molecule has 1 aliphatic carbocycles. The van der Waals surface area contributed by atoms with Gasteiger partial charge in [0, 0.05) is 5.56 Å². The molecule has 3 heteroatoms. The average Bonchev–Trinajstić information content (AvgIpc) is 2.86. The van der Waals surface area contributed by atoms with Gasteiger partial charge in [0.25, 0.3) is 0 Å². The summed E-state index contributed by atoms with van der Waals surface area (Å²) in [5.41, 5.74) is 3.13.